The third kappa shape index (κ3) is 4.13. The van der Waals surface area contributed by atoms with Crippen molar-refractivity contribution in [2.45, 2.75) is 26.2 Å². The number of carbonyl (C=O) groups is 2. The lowest BCUT2D eigenvalue weighted by molar-refractivity contribution is -0.127. The number of carbonyl (C=O) groups excluding carboxylic acids is 2. The van der Waals surface area contributed by atoms with E-state index in [0.29, 0.717) is 12.2 Å². The fraction of sp³-hybridized carbons (Fsp3) is 0.800. The first-order chi connectivity index (χ1) is 6.70. The predicted molar refractivity (Wildman–Crippen MR) is 58.4 cm³/mol. The highest BCUT2D eigenvalue weighted by molar-refractivity contribution is 7.99. The third-order valence-electron chi connectivity index (χ3n) is 2.28. The summed E-state index contributed by atoms with van der Waals surface area (Å²) >= 11 is 1.56. The Morgan fingerprint density at radius 3 is 2.50 bits per heavy atom. The number of nitrogens with zero attached hydrogens (tertiary/aromatic N) is 1. The number of amides is 1. The number of rotatable bonds is 5. The van der Waals surface area contributed by atoms with E-state index in [4.69, 9.17) is 0 Å². The Hall–Kier alpha value is -0.510. The van der Waals surface area contributed by atoms with Crippen molar-refractivity contribution < 1.29 is 9.59 Å². The van der Waals surface area contributed by atoms with Crippen LogP contribution in [0.15, 0.2) is 0 Å². The molecule has 0 saturated carbocycles. The SMILES string of the molecule is CC(=O)CCSCC(=O)N1CCCC1. The Bertz CT molecular complexity index is 212. The van der Waals surface area contributed by atoms with Crippen LogP contribution in [0.3, 0.4) is 0 Å². The van der Waals surface area contributed by atoms with Crippen molar-refractivity contribution in [2.75, 3.05) is 24.6 Å². The molecule has 4 heteroatoms. The molecule has 0 radical (unpaired) electrons. The quantitative estimate of drug-likeness (QED) is 0.649. The second-order valence-electron chi connectivity index (χ2n) is 3.59. The highest BCUT2D eigenvalue weighted by Crippen LogP contribution is 2.11. The summed E-state index contributed by atoms with van der Waals surface area (Å²) in [5.41, 5.74) is 0. The molecule has 1 aliphatic rings. The molecular weight excluding hydrogens is 198 g/mol. The summed E-state index contributed by atoms with van der Waals surface area (Å²) in [5, 5.41) is 0. The van der Waals surface area contributed by atoms with Crippen LogP contribution in [0.2, 0.25) is 0 Å². The monoisotopic (exact) mass is 215 g/mol. The number of likely N-dealkylation sites (tertiary alicyclic amines) is 1. The molecule has 0 aliphatic carbocycles. The van der Waals surface area contributed by atoms with Gasteiger partial charge < -0.3 is 4.90 Å². The molecule has 0 spiro atoms. The lowest BCUT2D eigenvalue weighted by Gasteiger charge is -2.14. The molecule has 0 unspecified atom stereocenters. The summed E-state index contributed by atoms with van der Waals surface area (Å²) in [6, 6.07) is 0. The van der Waals surface area contributed by atoms with Gasteiger partial charge in [-0.3, -0.25) is 9.59 Å². The zero-order chi connectivity index (χ0) is 10.4. The van der Waals surface area contributed by atoms with Gasteiger partial charge in [0.15, 0.2) is 0 Å². The molecule has 3 nitrogen and oxygen atoms in total. The average Bonchev–Trinajstić information content (AvgIpc) is 2.64. The largest absolute Gasteiger partial charge is 0.342 e. The molecule has 1 rings (SSSR count). The van der Waals surface area contributed by atoms with Crippen molar-refractivity contribution in [1.82, 2.24) is 4.90 Å². The van der Waals surface area contributed by atoms with Gasteiger partial charge in [0.05, 0.1) is 5.75 Å². The van der Waals surface area contributed by atoms with E-state index in [0.717, 1.165) is 31.7 Å². The van der Waals surface area contributed by atoms with Crippen molar-refractivity contribution in [3.63, 3.8) is 0 Å². The maximum absolute atomic E-state index is 11.5. The minimum Gasteiger partial charge on any atom is -0.342 e. The molecule has 1 heterocycles. The molecule has 1 fully saturated rings. The molecule has 0 N–H and O–H groups in total. The zero-order valence-electron chi connectivity index (χ0n) is 8.62. The first kappa shape index (κ1) is 11.6. The fourth-order valence-corrected chi connectivity index (χ4v) is 2.37. The minimum atomic E-state index is 0.200. The second-order valence-corrected chi connectivity index (χ2v) is 4.70. The fourth-order valence-electron chi connectivity index (χ4n) is 1.43. The van der Waals surface area contributed by atoms with Crippen LogP contribution in [0.4, 0.5) is 0 Å². The molecule has 0 aromatic rings. The second kappa shape index (κ2) is 6.06. The van der Waals surface area contributed by atoms with Gasteiger partial charge in [0.2, 0.25) is 5.91 Å². The van der Waals surface area contributed by atoms with Crippen molar-refractivity contribution in [2.24, 2.45) is 0 Å². The van der Waals surface area contributed by atoms with Gasteiger partial charge >= 0.3 is 0 Å². The van der Waals surface area contributed by atoms with Crippen molar-refractivity contribution in [1.29, 1.82) is 0 Å². The Morgan fingerprint density at radius 2 is 1.93 bits per heavy atom. The van der Waals surface area contributed by atoms with Gasteiger partial charge in [-0.1, -0.05) is 0 Å². The maximum Gasteiger partial charge on any atom is 0.232 e. The van der Waals surface area contributed by atoms with Gasteiger partial charge in [0.1, 0.15) is 5.78 Å². The Balaban J connectivity index is 2.05. The topological polar surface area (TPSA) is 37.4 Å². The Labute approximate surface area is 89.2 Å². The average molecular weight is 215 g/mol. The van der Waals surface area contributed by atoms with Crippen molar-refractivity contribution >= 4 is 23.5 Å². The summed E-state index contributed by atoms with van der Waals surface area (Å²) in [6.07, 6.45) is 2.87. The zero-order valence-corrected chi connectivity index (χ0v) is 9.44. The summed E-state index contributed by atoms with van der Waals surface area (Å²) in [6.45, 7) is 3.43. The van der Waals surface area contributed by atoms with Crippen LogP contribution in [-0.4, -0.2) is 41.2 Å². The van der Waals surface area contributed by atoms with Crippen LogP contribution in [-0.2, 0) is 9.59 Å². The number of Topliss-reactive ketones (excluding diaryl/α,β-unsaturated/α-hetero) is 1. The summed E-state index contributed by atoms with van der Waals surface area (Å²) < 4.78 is 0. The molecule has 0 atom stereocenters. The maximum atomic E-state index is 11.5. The van der Waals surface area contributed by atoms with Crippen LogP contribution < -0.4 is 0 Å². The minimum absolute atomic E-state index is 0.200. The van der Waals surface area contributed by atoms with Crippen LogP contribution in [0, 0.1) is 0 Å². The van der Waals surface area contributed by atoms with Gasteiger partial charge in [0.25, 0.3) is 0 Å². The van der Waals surface area contributed by atoms with Gasteiger partial charge in [-0.05, 0) is 19.8 Å². The normalized spacial score (nSPS) is 15.9. The molecular formula is C10H17NO2S. The van der Waals surface area contributed by atoms with E-state index in [1.807, 2.05) is 4.90 Å². The van der Waals surface area contributed by atoms with Gasteiger partial charge in [0, 0.05) is 25.3 Å². The smallest absolute Gasteiger partial charge is 0.232 e. The lowest BCUT2D eigenvalue weighted by atomic mass is 10.4. The van der Waals surface area contributed by atoms with Crippen molar-refractivity contribution in [3.8, 4) is 0 Å². The third-order valence-corrected chi connectivity index (χ3v) is 3.23. The molecule has 0 aromatic carbocycles. The molecule has 0 bridgehead atoms. The van der Waals surface area contributed by atoms with E-state index in [1.54, 1.807) is 18.7 Å². The van der Waals surface area contributed by atoms with Crippen LogP contribution in [0.1, 0.15) is 26.2 Å². The van der Waals surface area contributed by atoms with E-state index in [9.17, 15) is 9.59 Å². The molecule has 1 saturated heterocycles. The van der Waals surface area contributed by atoms with Gasteiger partial charge in [-0.25, -0.2) is 0 Å². The highest BCUT2D eigenvalue weighted by Gasteiger charge is 2.17. The summed E-state index contributed by atoms with van der Waals surface area (Å²) in [4.78, 5) is 24.1. The lowest BCUT2D eigenvalue weighted by Crippen LogP contribution is -2.29. The van der Waals surface area contributed by atoms with Gasteiger partial charge in [-0.2, -0.15) is 11.8 Å². The van der Waals surface area contributed by atoms with E-state index < -0.39 is 0 Å². The van der Waals surface area contributed by atoms with E-state index >= 15 is 0 Å². The number of hydrogen-bond acceptors (Lipinski definition) is 3. The standard InChI is InChI=1S/C10H17NO2S/c1-9(12)4-7-14-8-10(13)11-5-2-3-6-11/h2-8H2,1H3. The van der Waals surface area contributed by atoms with E-state index in [2.05, 4.69) is 0 Å². The van der Waals surface area contributed by atoms with E-state index in [-0.39, 0.29) is 11.7 Å². The van der Waals surface area contributed by atoms with Gasteiger partial charge in [-0.15, -0.1) is 0 Å². The van der Waals surface area contributed by atoms with E-state index in [1.165, 1.54) is 0 Å². The number of hydrogen-bond donors (Lipinski definition) is 0. The first-order valence-corrected chi connectivity index (χ1v) is 6.20. The van der Waals surface area contributed by atoms with Crippen molar-refractivity contribution in [3.05, 3.63) is 0 Å². The number of ketones is 1. The Morgan fingerprint density at radius 1 is 1.29 bits per heavy atom. The molecule has 1 amide bonds. The molecule has 1 aliphatic heterocycles. The molecule has 80 valence electrons. The molecule has 14 heavy (non-hydrogen) atoms. The van der Waals surface area contributed by atoms with Crippen LogP contribution in [0.25, 0.3) is 0 Å². The predicted octanol–water partition coefficient (Wildman–Crippen LogP) is 1.32. The first-order valence-electron chi connectivity index (χ1n) is 5.05. The summed E-state index contributed by atoms with van der Waals surface area (Å²) in [7, 11) is 0. The summed E-state index contributed by atoms with van der Waals surface area (Å²) in [5.74, 6) is 1.74. The van der Waals surface area contributed by atoms with Crippen LogP contribution in [0.5, 0.6) is 0 Å². The number of thioether (sulfide) groups is 1. The van der Waals surface area contributed by atoms with Crippen LogP contribution >= 0.6 is 11.8 Å². The highest BCUT2D eigenvalue weighted by atomic mass is 32.2. The molecule has 0 aromatic heterocycles. The Kier molecular flexibility index (Phi) is 5.01.